The lowest BCUT2D eigenvalue weighted by molar-refractivity contribution is 0.625. The van der Waals surface area contributed by atoms with Gasteiger partial charge in [-0.25, -0.2) is 9.37 Å². The molecule has 3 nitrogen and oxygen atoms in total. The molecular weight excluding hydrogens is 333 g/mol. The molecule has 2 aromatic heterocycles. The average molecular weight is 348 g/mol. The molecule has 3 rings (SSSR count). The van der Waals surface area contributed by atoms with Gasteiger partial charge in [0, 0.05) is 22.3 Å². The van der Waals surface area contributed by atoms with Crippen molar-refractivity contribution in [2.45, 2.75) is 13.0 Å². The van der Waals surface area contributed by atoms with Crippen LogP contribution in [-0.4, -0.2) is 16.1 Å². The van der Waals surface area contributed by atoms with Crippen molar-refractivity contribution >= 4 is 27.0 Å². The third-order valence-corrected chi connectivity index (χ3v) is 4.22. The molecule has 0 aliphatic heterocycles. The van der Waals surface area contributed by atoms with Crippen LogP contribution in [0.5, 0.6) is 0 Å². The van der Waals surface area contributed by atoms with Crippen LogP contribution in [0, 0.1) is 5.82 Å². The molecule has 0 amide bonds. The van der Waals surface area contributed by atoms with Gasteiger partial charge in [-0.2, -0.15) is 0 Å². The van der Waals surface area contributed by atoms with Gasteiger partial charge >= 0.3 is 0 Å². The molecule has 2 heterocycles. The molecule has 0 atom stereocenters. The van der Waals surface area contributed by atoms with Gasteiger partial charge in [0.15, 0.2) is 0 Å². The Bertz CT molecular complexity index is 782. The summed E-state index contributed by atoms with van der Waals surface area (Å²) in [7, 11) is 0. The van der Waals surface area contributed by atoms with Gasteiger partial charge < -0.3 is 10.3 Å². The average Bonchev–Trinajstić information content (AvgIpc) is 2.81. The molecule has 0 bridgehead atoms. The normalized spacial score (nSPS) is 11.2. The molecule has 0 fully saturated rings. The Morgan fingerprint density at radius 1 is 1.24 bits per heavy atom. The number of rotatable bonds is 4. The maximum absolute atomic E-state index is 13.2. The summed E-state index contributed by atoms with van der Waals surface area (Å²) in [5.74, 6) is -0.245. The molecule has 21 heavy (non-hydrogen) atoms. The number of hydrogen-bond donors (Lipinski definition) is 1. The topological polar surface area (TPSA) is 43.8 Å². The van der Waals surface area contributed by atoms with Crippen molar-refractivity contribution in [1.29, 1.82) is 0 Å². The first-order valence-electron chi connectivity index (χ1n) is 6.76. The van der Waals surface area contributed by atoms with E-state index in [9.17, 15) is 4.39 Å². The van der Waals surface area contributed by atoms with Gasteiger partial charge in [-0.15, -0.1) is 0 Å². The zero-order chi connectivity index (χ0) is 14.8. The largest absolute Gasteiger partial charge is 0.330 e. The predicted molar refractivity (Wildman–Crippen MR) is 85.7 cm³/mol. The molecule has 2 N–H and O–H groups in total. The Kier molecular flexibility index (Phi) is 4.03. The number of aromatic nitrogens is 2. The molecule has 3 aromatic rings. The van der Waals surface area contributed by atoms with Gasteiger partial charge in [-0.3, -0.25) is 0 Å². The summed E-state index contributed by atoms with van der Waals surface area (Å²) in [6.45, 7) is 1.24. The van der Waals surface area contributed by atoms with E-state index in [0.29, 0.717) is 13.1 Å². The number of fused-ring (bicyclic) bond motifs is 1. The molecule has 0 unspecified atom stereocenters. The lowest BCUT2D eigenvalue weighted by Crippen LogP contribution is -2.02. The Balaban J connectivity index is 2.04. The van der Waals surface area contributed by atoms with E-state index < -0.39 is 0 Å². The third-order valence-electron chi connectivity index (χ3n) is 3.49. The van der Waals surface area contributed by atoms with Gasteiger partial charge in [0.05, 0.1) is 6.54 Å². The van der Waals surface area contributed by atoms with Gasteiger partial charge in [0.2, 0.25) is 0 Å². The summed E-state index contributed by atoms with van der Waals surface area (Å²) in [4.78, 5) is 4.46. The van der Waals surface area contributed by atoms with Crippen LogP contribution >= 0.6 is 15.9 Å². The van der Waals surface area contributed by atoms with E-state index in [2.05, 4.69) is 37.7 Å². The van der Waals surface area contributed by atoms with Crippen LogP contribution in [0.1, 0.15) is 11.1 Å². The van der Waals surface area contributed by atoms with E-state index in [-0.39, 0.29) is 5.82 Å². The van der Waals surface area contributed by atoms with E-state index in [4.69, 9.17) is 5.73 Å². The Hall–Kier alpha value is -1.72. The van der Waals surface area contributed by atoms with Crippen molar-refractivity contribution in [3.05, 3.63) is 64.1 Å². The molecular formula is C16H15BrFN3. The fraction of sp³-hybridized carbons (Fsp3) is 0.188. The van der Waals surface area contributed by atoms with Crippen LogP contribution in [0.15, 0.2) is 47.2 Å². The first-order valence-corrected chi connectivity index (χ1v) is 7.55. The zero-order valence-corrected chi connectivity index (χ0v) is 13.0. The Morgan fingerprint density at radius 2 is 2.10 bits per heavy atom. The number of nitrogens with two attached hydrogens (primary N) is 1. The molecule has 0 saturated carbocycles. The van der Waals surface area contributed by atoms with E-state index in [1.54, 1.807) is 12.3 Å². The molecule has 5 heteroatoms. The quantitative estimate of drug-likeness (QED) is 0.784. The SMILES string of the molecule is NCCc1cn(Cc2ccc(F)cc2Br)c2ncccc12. The molecule has 0 spiro atoms. The highest BCUT2D eigenvalue weighted by Crippen LogP contribution is 2.24. The van der Waals surface area contributed by atoms with E-state index in [0.717, 1.165) is 27.5 Å². The van der Waals surface area contributed by atoms with Crippen molar-refractivity contribution < 1.29 is 4.39 Å². The van der Waals surface area contributed by atoms with Gasteiger partial charge in [0.25, 0.3) is 0 Å². The third kappa shape index (κ3) is 2.84. The summed E-state index contributed by atoms with van der Waals surface area (Å²) in [6, 6.07) is 8.73. The fourth-order valence-electron chi connectivity index (χ4n) is 2.50. The van der Waals surface area contributed by atoms with Crippen molar-refractivity contribution in [2.24, 2.45) is 5.73 Å². The molecule has 108 valence electrons. The van der Waals surface area contributed by atoms with Crippen molar-refractivity contribution in [3.8, 4) is 0 Å². The van der Waals surface area contributed by atoms with Gasteiger partial charge in [-0.1, -0.05) is 22.0 Å². The number of benzene rings is 1. The van der Waals surface area contributed by atoms with Crippen molar-refractivity contribution in [2.75, 3.05) is 6.54 Å². The highest BCUT2D eigenvalue weighted by molar-refractivity contribution is 9.10. The van der Waals surface area contributed by atoms with Crippen LogP contribution < -0.4 is 5.73 Å². The summed E-state index contributed by atoms with van der Waals surface area (Å²) in [5, 5.41) is 1.13. The predicted octanol–water partition coefficient (Wildman–Crippen LogP) is 3.49. The minimum absolute atomic E-state index is 0.245. The second-order valence-corrected chi connectivity index (χ2v) is 5.79. The lowest BCUT2D eigenvalue weighted by Gasteiger charge is -2.07. The van der Waals surface area contributed by atoms with Crippen LogP contribution in [0.25, 0.3) is 11.0 Å². The zero-order valence-electron chi connectivity index (χ0n) is 11.4. The second-order valence-electron chi connectivity index (χ2n) is 4.93. The minimum Gasteiger partial charge on any atom is -0.330 e. The maximum atomic E-state index is 13.2. The maximum Gasteiger partial charge on any atom is 0.140 e. The first kappa shape index (κ1) is 14.2. The minimum atomic E-state index is -0.245. The fourth-order valence-corrected chi connectivity index (χ4v) is 2.98. The highest BCUT2D eigenvalue weighted by Gasteiger charge is 2.10. The number of hydrogen-bond acceptors (Lipinski definition) is 2. The Morgan fingerprint density at radius 3 is 2.86 bits per heavy atom. The van der Waals surface area contributed by atoms with Gasteiger partial charge in [-0.05, 0) is 48.4 Å². The van der Waals surface area contributed by atoms with Crippen molar-refractivity contribution in [3.63, 3.8) is 0 Å². The second kappa shape index (κ2) is 5.95. The molecule has 0 aliphatic carbocycles. The molecule has 0 aliphatic rings. The smallest absolute Gasteiger partial charge is 0.140 e. The standard InChI is InChI=1S/C16H15BrFN3/c17-15-8-13(18)4-3-12(15)10-21-9-11(5-6-19)14-2-1-7-20-16(14)21/h1-4,7-9H,5-6,10,19H2. The Labute approximate surface area is 130 Å². The lowest BCUT2D eigenvalue weighted by atomic mass is 10.2. The van der Waals surface area contributed by atoms with Crippen LogP contribution in [-0.2, 0) is 13.0 Å². The number of halogens is 2. The highest BCUT2D eigenvalue weighted by atomic mass is 79.9. The van der Waals surface area contributed by atoms with Gasteiger partial charge in [0.1, 0.15) is 11.5 Å². The van der Waals surface area contributed by atoms with Crippen LogP contribution in [0.3, 0.4) is 0 Å². The van der Waals surface area contributed by atoms with E-state index >= 15 is 0 Å². The number of nitrogens with zero attached hydrogens (tertiary/aromatic N) is 2. The molecule has 1 aromatic carbocycles. The van der Waals surface area contributed by atoms with Crippen LogP contribution in [0.2, 0.25) is 0 Å². The summed E-state index contributed by atoms with van der Waals surface area (Å²) >= 11 is 3.41. The first-order chi connectivity index (χ1) is 10.2. The molecule has 0 saturated heterocycles. The van der Waals surface area contributed by atoms with Crippen LogP contribution in [0.4, 0.5) is 4.39 Å². The van der Waals surface area contributed by atoms with Crippen molar-refractivity contribution in [1.82, 2.24) is 9.55 Å². The molecule has 0 radical (unpaired) electrons. The summed E-state index contributed by atoms with van der Waals surface area (Å²) in [5.41, 5.74) is 8.81. The monoisotopic (exact) mass is 347 g/mol. The summed E-state index contributed by atoms with van der Waals surface area (Å²) in [6.07, 6.45) is 4.69. The van der Waals surface area contributed by atoms with E-state index in [1.807, 2.05) is 6.07 Å². The number of pyridine rings is 1. The van der Waals surface area contributed by atoms with E-state index in [1.165, 1.54) is 17.7 Å². The summed E-state index contributed by atoms with van der Waals surface area (Å²) < 4.78 is 16.0.